The Balaban J connectivity index is 1.03. The van der Waals surface area contributed by atoms with Crippen molar-refractivity contribution < 1.29 is 0 Å². The second kappa shape index (κ2) is 14.4. The normalized spacial score (nSPS) is 11.4. The second-order valence-corrected chi connectivity index (χ2v) is 14.5. The molecule has 0 saturated heterocycles. The van der Waals surface area contributed by atoms with Crippen molar-refractivity contribution in [1.29, 1.82) is 0 Å². The predicted molar refractivity (Wildman–Crippen MR) is 230 cm³/mol. The van der Waals surface area contributed by atoms with Gasteiger partial charge in [0.05, 0.1) is 11.0 Å². The Bertz CT molecular complexity index is 2620. The lowest BCUT2D eigenvalue weighted by molar-refractivity contribution is 0.648. The number of nitrogens with zero attached hydrogens (tertiary/aromatic N) is 2. The number of rotatable bonds is 9. The number of hydrogen-bond donors (Lipinski definition) is 0. The largest absolute Gasteiger partial charge is 0.311 e. The SMILES string of the molecule is CC(C)Cc1cc(-c2ccc(-n3c4ccccc4c4ccccc43)cc2)ccc1-c1ccc(N(c2ccccc2)c2ccc(-c3ccccc3)cc2)cc1. The van der Waals surface area contributed by atoms with Gasteiger partial charge in [-0.3, -0.25) is 0 Å². The van der Waals surface area contributed by atoms with Gasteiger partial charge in [-0.1, -0.05) is 153 Å². The minimum absolute atomic E-state index is 0.531. The summed E-state index contributed by atoms with van der Waals surface area (Å²) < 4.78 is 2.38. The van der Waals surface area contributed by atoms with Gasteiger partial charge < -0.3 is 9.47 Å². The third-order valence-corrected chi connectivity index (χ3v) is 10.5. The molecule has 0 aliphatic carbocycles. The third kappa shape index (κ3) is 6.37. The van der Waals surface area contributed by atoms with E-state index in [-0.39, 0.29) is 0 Å². The topological polar surface area (TPSA) is 8.17 Å². The number of benzene rings is 8. The summed E-state index contributed by atoms with van der Waals surface area (Å²) in [6, 6.07) is 72.6. The van der Waals surface area contributed by atoms with E-state index in [1.165, 1.54) is 66.4 Å². The Kier molecular flexibility index (Phi) is 8.86. The molecule has 0 atom stereocenters. The van der Waals surface area contributed by atoms with Crippen LogP contribution in [-0.4, -0.2) is 4.57 Å². The number of aromatic nitrogens is 1. The van der Waals surface area contributed by atoms with E-state index in [0.717, 1.165) is 23.5 Å². The van der Waals surface area contributed by atoms with Gasteiger partial charge in [0, 0.05) is 33.5 Å². The highest BCUT2D eigenvalue weighted by Gasteiger charge is 2.16. The molecule has 0 aliphatic heterocycles. The molecule has 8 aromatic carbocycles. The maximum absolute atomic E-state index is 2.41. The highest BCUT2D eigenvalue weighted by molar-refractivity contribution is 6.09. The fourth-order valence-corrected chi connectivity index (χ4v) is 7.92. The lowest BCUT2D eigenvalue weighted by Crippen LogP contribution is -2.09. The zero-order chi connectivity index (χ0) is 36.4. The molecule has 2 nitrogen and oxygen atoms in total. The van der Waals surface area contributed by atoms with E-state index in [4.69, 9.17) is 0 Å². The molecule has 0 N–H and O–H groups in total. The fourth-order valence-electron chi connectivity index (χ4n) is 7.92. The van der Waals surface area contributed by atoms with Gasteiger partial charge in [-0.15, -0.1) is 0 Å². The molecule has 260 valence electrons. The Hall–Kier alpha value is -6.64. The first-order valence-electron chi connectivity index (χ1n) is 18.9. The van der Waals surface area contributed by atoms with E-state index in [9.17, 15) is 0 Å². The summed E-state index contributed by atoms with van der Waals surface area (Å²) >= 11 is 0. The highest BCUT2D eigenvalue weighted by Crippen LogP contribution is 2.38. The van der Waals surface area contributed by atoms with E-state index in [1.54, 1.807) is 0 Å². The molecular weight excluding hydrogens is 653 g/mol. The van der Waals surface area contributed by atoms with E-state index in [1.807, 2.05) is 0 Å². The minimum atomic E-state index is 0.531. The molecule has 0 radical (unpaired) electrons. The standard InChI is InChI=1S/C52H42N2/c1-37(2)35-43-36-42(40-23-30-47(31-24-40)54-51-19-11-9-17-49(51)50-18-10-12-20-52(50)54)27-34-48(43)41-25-32-46(33-26-41)53(44-15-7-4-8-16-44)45-28-21-39(22-29-45)38-13-5-3-6-14-38/h3-34,36-37H,35H2,1-2H3. The van der Waals surface area contributed by atoms with Crippen LogP contribution in [0.3, 0.4) is 0 Å². The number of anilines is 3. The van der Waals surface area contributed by atoms with Crippen LogP contribution in [0.25, 0.3) is 60.9 Å². The van der Waals surface area contributed by atoms with Crippen LogP contribution in [0, 0.1) is 5.92 Å². The molecule has 0 saturated carbocycles. The molecule has 0 amide bonds. The summed E-state index contributed by atoms with van der Waals surface area (Å²) in [4.78, 5) is 2.33. The molecule has 0 unspecified atom stereocenters. The van der Waals surface area contributed by atoms with Gasteiger partial charge in [0.15, 0.2) is 0 Å². The van der Waals surface area contributed by atoms with Gasteiger partial charge in [-0.25, -0.2) is 0 Å². The maximum atomic E-state index is 2.41. The van der Waals surface area contributed by atoms with Gasteiger partial charge in [-0.2, -0.15) is 0 Å². The summed E-state index contributed by atoms with van der Waals surface area (Å²) in [7, 11) is 0. The van der Waals surface area contributed by atoms with Gasteiger partial charge >= 0.3 is 0 Å². The number of hydrogen-bond acceptors (Lipinski definition) is 1. The predicted octanol–water partition coefficient (Wildman–Crippen LogP) is 14.5. The monoisotopic (exact) mass is 694 g/mol. The van der Waals surface area contributed by atoms with Gasteiger partial charge in [-0.05, 0) is 112 Å². The van der Waals surface area contributed by atoms with E-state index < -0.39 is 0 Å². The summed E-state index contributed by atoms with van der Waals surface area (Å²) in [5.74, 6) is 0.531. The van der Waals surface area contributed by atoms with Crippen LogP contribution in [0.2, 0.25) is 0 Å². The molecule has 0 aliphatic rings. The Morgan fingerprint density at radius 3 is 1.44 bits per heavy atom. The van der Waals surface area contributed by atoms with Crippen LogP contribution < -0.4 is 4.90 Å². The smallest absolute Gasteiger partial charge is 0.0541 e. The molecule has 2 heteroatoms. The highest BCUT2D eigenvalue weighted by atomic mass is 15.1. The minimum Gasteiger partial charge on any atom is -0.311 e. The van der Waals surface area contributed by atoms with Crippen LogP contribution in [-0.2, 0) is 6.42 Å². The van der Waals surface area contributed by atoms with Crippen molar-refractivity contribution in [2.75, 3.05) is 4.90 Å². The zero-order valence-corrected chi connectivity index (χ0v) is 30.7. The van der Waals surface area contributed by atoms with E-state index >= 15 is 0 Å². The molecule has 9 aromatic rings. The van der Waals surface area contributed by atoms with E-state index in [0.29, 0.717) is 5.92 Å². The van der Waals surface area contributed by atoms with Gasteiger partial charge in [0.2, 0.25) is 0 Å². The first kappa shape index (κ1) is 33.2. The van der Waals surface area contributed by atoms with Crippen LogP contribution >= 0.6 is 0 Å². The molecule has 0 spiro atoms. The Morgan fingerprint density at radius 2 is 0.852 bits per heavy atom. The first-order valence-corrected chi connectivity index (χ1v) is 18.9. The van der Waals surface area contributed by atoms with Crippen molar-refractivity contribution in [3.63, 3.8) is 0 Å². The third-order valence-electron chi connectivity index (χ3n) is 10.5. The van der Waals surface area contributed by atoms with Gasteiger partial charge in [0.1, 0.15) is 0 Å². The molecule has 54 heavy (non-hydrogen) atoms. The average molecular weight is 695 g/mol. The van der Waals surface area contributed by atoms with Crippen molar-refractivity contribution in [1.82, 2.24) is 4.57 Å². The Labute approximate surface area is 318 Å². The van der Waals surface area contributed by atoms with Crippen molar-refractivity contribution in [3.8, 4) is 39.1 Å². The molecule has 9 rings (SSSR count). The average Bonchev–Trinajstić information content (AvgIpc) is 3.56. The molecule has 0 fully saturated rings. The van der Waals surface area contributed by atoms with Crippen LogP contribution in [0.5, 0.6) is 0 Å². The van der Waals surface area contributed by atoms with Crippen molar-refractivity contribution in [3.05, 3.63) is 206 Å². The second-order valence-electron chi connectivity index (χ2n) is 14.5. The van der Waals surface area contributed by atoms with Gasteiger partial charge in [0.25, 0.3) is 0 Å². The van der Waals surface area contributed by atoms with Crippen LogP contribution in [0.4, 0.5) is 17.1 Å². The van der Waals surface area contributed by atoms with Crippen molar-refractivity contribution in [2.45, 2.75) is 20.3 Å². The van der Waals surface area contributed by atoms with Crippen LogP contribution in [0.1, 0.15) is 19.4 Å². The molecule has 1 heterocycles. The molecular formula is C52H42N2. The fraction of sp³-hybridized carbons (Fsp3) is 0.0769. The van der Waals surface area contributed by atoms with Crippen molar-refractivity contribution >= 4 is 38.9 Å². The van der Waals surface area contributed by atoms with Crippen LogP contribution in [0.15, 0.2) is 200 Å². The zero-order valence-electron chi connectivity index (χ0n) is 30.7. The summed E-state index contributed by atoms with van der Waals surface area (Å²) in [6.07, 6.45) is 1.01. The summed E-state index contributed by atoms with van der Waals surface area (Å²) in [6.45, 7) is 4.61. The maximum Gasteiger partial charge on any atom is 0.0541 e. The summed E-state index contributed by atoms with van der Waals surface area (Å²) in [5.41, 5.74) is 15.8. The lowest BCUT2D eigenvalue weighted by atomic mass is 9.90. The Morgan fingerprint density at radius 1 is 0.407 bits per heavy atom. The quantitative estimate of drug-likeness (QED) is 0.146. The number of para-hydroxylation sites is 3. The molecule has 1 aromatic heterocycles. The lowest BCUT2D eigenvalue weighted by Gasteiger charge is -2.26. The van der Waals surface area contributed by atoms with Crippen molar-refractivity contribution in [2.24, 2.45) is 5.92 Å². The first-order chi connectivity index (χ1) is 26.6. The molecule has 0 bridgehead atoms. The number of fused-ring (bicyclic) bond motifs is 3. The van der Waals surface area contributed by atoms with E-state index in [2.05, 4.69) is 224 Å². The summed E-state index contributed by atoms with van der Waals surface area (Å²) in [5, 5.41) is 2.56.